The Kier molecular flexibility index (Phi) is 34.2. The van der Waals surface area contributed by atoms with E-state index < -0.39 is 47.9 Å². The fourth-order valence-electron chi connectivity index (χ4n) is 5.70. The molecule has 0 aromatic carbocycles. The molecule has 0 radical (unpaired) electrons. The second-order valence-corrected chi connectivity index (χ2v) is 25.5. The third kappa shape index (κ3) is 34.5. The summed E-state index contributed by atoms with van der Waals surface area (Å²) in [5.41, 5.74) is -1.44. The number of carbonyl (C=O) groups is 4. The number of aliphatic carboxylic acids is 1. The number of carboxylic acids is 1. The minimum atomic E-state index is -1.75. The summed E-state index contributed by atoms with van der Waals surface area (Å²) in [5.74, 6) is -0.990. The summed E-state index contributed by atoms with van der Waals surface area (Å²) in [6.07, 6.45) is 4.01. The molecule has 4 unspecified atom stereocenters. The second-order valence-electron chi connectivity index (χ2n) is 17.6. The molecule has 377 valence electrons. The van der Waals surface area contributed by atoms with Gasteiger partial charge in [-0.25, -0.2) is 19.2 Å². The van der Waals surface area contributed by atoms with Gasteiger partial charge in [0, 0.05) is 52.2 Å². The number of rotatable bonds is 4. The van der Waals surface area contributed by atoms with Crippen molar-refractivity contribution in [1.29, 1.82) is 0 Å². The van der Waals surface area contributed by atoms with E-state index in [9.17, 15) is 19.2 Å². The first-order chi connectivity index (χ1) is 28.8. The number of carboxylic acid groups (broad SMARTS) is 1. The Labute approximate surface area is 393 Å². The van der Waals surface area contributed by atoms with Crippen molar-refractivity contribution in [2.24, 2.45) is 0 Å². The van der Waals surface area contributed by atoms with Gasteiger partial charge < -0.3 is 68.9 Å². The van der Waals surface area contributed by atoms with Gasteiger partial charge in [0.1, 0.15) is 16.8 Å². The van der Waals surface area contributed by atoms with Crippen LogP contribution in [0.5, 0.6) is 0 Å². The first-order valence-electron chi connectivity index (χ1n) is 21.4. The Morgan fingerprint density at radius 2 is 0.937 bits per heavy atom. The number of hydrogen-bond donors (Lipinski definition) is 3. The van der Waals surface area contributed by atoms with E-state index in [2.05, 4.69) is 19.2 Å². The molecule has 0 spiro atoms. The van der Waals surface area contributed by atoms with Crippen molar-refractivity contribution in [1.82, 2.24) is 20.0 Å². The molecule has 0 aromatic heterocycles. The molecule has 3 amide bonds. The van der Waals surface area contributed by atoms with Gasteiger partial charge in [-0.15, -0.1) is 0 Å². The van der Waals surface area contributed by atoms with E-state index in [1.54, 1.807) is 30.6 Å². The zero-order valence-corrected chi connectivity index (χ0v) is 43.5. The van der Waals surface area contributed by atoms with Gasteiger partial charge >= 0.3 is 66.3 Å². The topological polar surface area (TPSA) is 227 Å². The number of halogens is 3. The Morgan fingerprint density at radius 1 is 0.587 bits per heavy atom. The summed E-state index contributed by atoms with van der Waals surface area (Å²) in [6.45, 7) is 28.3. The SMILES string of the molecule is CC(C)(C)OC(=O)N1CCOC(C(=O)O)CC1.CC(C)(C)OC(=O)N1CCOC(CO)CC1.CCC1CCN(C(=O)OC(C)(C)C)CCO1.CCC1CCNCCO1.O.[Cl][Ru]([Cl])[Cl]. The van der Waals surface area contributed by atoms with Crippen molar-refractivity contribution >= 4 is 53.3 Å². The summed E-state index contributed by atoms with van der Waals surface area (Å²) in [4.78, 5) is 50.9. The van der Waals surface area contributed by atoms with Crippen LogP contribution in [0.2, 0.25) is 0 Å². The summed E-state index contributed by atoms with van der Waals surface area (Å²) in [7, 11) is 14.8. The molecule has 4 atom stereocenters. The van der Waals surface area contributed by atoms with Crippen LogP contribution in [0.4, 0.5) is 14.4 Å². The molecular formula is C41H80Cl3N4O14Ru. The number of hydrogen-bond acceptors (Lipinski definition) is 13. The maximum absolute atomic E-state index is 11.8. The zero-order valence-electron chi connectivity index (χ0n) is 39.5. The van der Waals surface area contributed by atoms with E-state index in [-0.39, 0.29) is 49.5 Å². The van der Waals surface area contributed by atoms with Gasteiger partial charge in [0.15, 0.2) is 6.10 Å². The number of carbonyl (C=O) groups excluding carboxylic acids is 3. The van der Waals surface area contributed by atoms with Crippen LogP contribution in [0, 0.1) is 0 Å². The molecule has 0 aliphatic carbocycles. The fourth-order valence-corrected chi connectivity index (χ4v) is 5.70. The van der Waals surface area contributed by atoms with Crippen LogP contribution in [0.25, 0.3) is 0 Å². The number of ether oxygens (including phenoxy) is 7. The van der Waals surface area contributed by atoms with E-state index in [0.717, 1.165) is 45.5 Å². The number of aliphatic hydroxyl groups excluding tert-OH is 1. The third-order valence-electron chi connectivity index (χ3n) is 8.83. The van der Waals surface area contributed by atoms with Crippen LogP contribution in [0.3, 0.4) is 0 Å². The van der Waals surface area contributed by atoms with Crippen LogP contribution in [-0.2, 0) is 50.9 Å². The summed E-state index contributed by atoms with van der Waals surface area (Å²) in [6, 6.07) is 0. The van der Waals surface area contributed by atoms with Gasteiger partial charge in [-0.05, 0) is 101 Å². The quantitative estimate of drug-likeness (QED) is 0.201. The Bertz CT molecular complexity index is 1200. The summed E-state index contributed by atoms with van der Waals surface area (Å²) in [5, 5.41) is 21.1. The predicted octanol–water partition coefficient (Wildman–Crippen LogP) is 6.54. The van der Waals surface area contributed by atoms with E-state index in [1.165, 1.54) is 11.3 Å². The predicted molar refractivity (Wildman–Crippen MR) is 240 cm³/mol. The molecule has 0 aromatic rings. The van der Waals surface area contributed by atoms with Crippen molar-refractivity contribution in [2.75, 3.05) is 85.4 Å². The minimum absolute atomic E-state index is 0. The zero-order chi connectivity index (χ0) is 47.5. The summed E-state index contributed by atoms with van der Waals surface area (Å²) >= 11 is -1.75. The molecule has 22 heteroatoms. The number of amides is 3. The van der Waals surface area contributed by atoms with Crippen LogP contribution in [0.15, 0.2) is 0 Å². The second kappa shape index (κ2) is 33.9. The first-order valence-corrected chi connectivity index (χ1v) is 28.1. The van der Waals surface area contributed by atoms with Crippen molar-refractivity contribution in [3.8, 4) is 0 Å². The number of nitrogens with one attached hydrogen (secondary N) is 1. The molecule has 18 nitrogen and oxygen atoms in total. The van der Waals surface area contributed by atoms with Crippen molar-refractivity contribution < 1.29 is 81.0 Å². The van der Waals surface area contributed by atoms with Crippen LogP contribution in [0.1, 0.15) is 115 Å². The van der Waals surface area contributed by atoms with Gasteiger partial charge in [-0.2, -0.15) is 0 Å². The van der Waals surface area contributed by atoms with Gasteiger partial charge in [0.25, 0.3) is 0 Å². The molecule has 4 aliphatic heterocycles. The summed E-state index contributed by atoms with van der Waals surface area (Å²) < 4.78 is 37.4. The molecule has 5 N–H and O–H groups in total. The van der Waals surface area contributed by atoms with E-state index in [4.69, 9.17) is 72.4 Å². The standard InChI is InChI=1S/C12H23NO3.C11H19NO5.C11H21NO4.C7H15NO.3ClH.H2O.Ru/c1-5-10-6-7-13(8-9-15-10)11(14)16-12(2,3)4;1-11(2,3)17-10(15)12-5-4-8(9(13)14)16-7-6-12;1-11(2,3)16-10(14)12-5-4-9(8-13)15-7-6-12;1-2-7-3-4-8-5-6-9-7;;;;;/h10H,5-9H2,1-4H3;8H,4-7H2,1-3H3,(H,13,14);9,13H,4-8H2,1-3H3;7-8H,2-6H2,1H3;3*1H;1H2;/q;;;;;;;;+3/p-3. The third-order valence-corrected chi connectivity index (χ3v) is 8.83. The average Bonchev–Trinajstić information content (AvgIpc) is 3.75. The number of aliphatic hydroxyl groups is 1. The van der Waals surface area contributed by atoms with Gasteiger partial charge in [0.2, 0.25) is 0 Å². The molecule has 63 heavy (non-hydrogen) atoms. The Hall–Kier alpha value is -1.51. The Morgan fingerprint density at radius 3 is 1.32 bits per heavy atom. The maximum atomic E-state index is 11.8. The molecular weight excluding hydrogens is 980 g/mol. The van der Waals surface area contributed by atoms with E-state index >= 15 is 0 Å². The molecule has 0 saturated carbocycles. The number of nitrogens with zero attached hydrogens (tertiary/aromatic N) is 3. The van der Waals surface area contributed by atoms with Crippen LogP contribution >= 0.6 is 29.1 Å². The van der Waals surface area contributed by atoms with Gasteiger partial charge in [-0.1, -0.05) is 13.8 Å². The van der Waals surface area contributed by atoms with Crippen molar-refractivity contribution in [2.45, 2.75) is 156 Å². The van der Waals surface area contributed by atoms with E-state index in [0.29, 0.717) is 58.5 Å². The molecule has 4 rings (SSSR count). The van der Waals surface area contributed by atoms with Crippen molar-refractivity contribution in [3.63, 3.8) is 0 Å². The molecule has 4 fully saturated rings. The van der Waals surface area contributed by atoms with Crippen LogP contribution in [-0.4, -0.2) is 181 Å². The van der Waals surface area contributed by atoms with Crippen molar-refractivity contribution in [3.05, 3.63) is 0 Å². The van der Waals surface area contributed by atoms with Gasteiger partial charge in [0.05, 0.1) is 51.3 Å². The molecule has 4 aliphatic rings. The van der Waals surface area contributed by atoms with Gasteiger partial charge in [-0.3, -0.25) is 0 Å². The fraction of sp³-hybridized carbons (Fsp3) is 0.902. The average molecular weight is 1060 g/mol. The van der Waals surface area contributed by atoms with Crippen LogP contribution < -0.4 is 5.32 Å². The Balaban J connectivity index is 0. The monoisotopic (exact) mass is 1060 g/mol. The van der Waals surface area contributed by atoms with E-state index in [1.807, 2.05) is 41.5 Å². The molecule has 4 heterocycles. The first kappa shape index (κ1) is 63.6. The molecule has 4 saturated heterocycles. The molecule has 0 bridgehead atoms. The normalized spacial score (nSPS) is 22.4.